The number of nitrogens with zero attached hydrogens (tertiary/aromatic N) is 2. The second kappa shape index (κ2) is 4.72. The van der Waals surface area contributed by atoms with Gasteiger partial charge in [0.2, 0.25) is 5.91 Å². The highest BCUT2D eigenvalue weighted by Gasteiger charge is 2.36. The Hall–Kier alpha value is -1.26. The lowest BCUT2D eigenvalue weighted by Gasteiger charge is -2.28. The van der Waals surface area contributed by atoms with E-state index in [1.165, 1.54) is 0 Å². The van der Waals surface area contributed by atoms with E-state index in [9.17, 15) is 9.59 Å². The first-order chi connectivity index (χ1) is 7.74. The third-order valence-corrected chi connectivity index (χ3v) is 3.42. The summed E-state index contributed by atoms with van der Waals surface area (Å²) in [6.45, 7) is 2.40. The van der Waals surface area contributed by atoms with Gasteiger partial charge in [-0.15, -0.1) is 0 Å². The lowest BCUT2D eigenvalue weighted by molar-refractivity contribution is -0.124. The van der Waals surface area contributed by atoms with Crippen LogP contribution in [0, 0.1) is 0 Å². The van der Waals surface area contributed by atoms with Crippen molar-refractivity contribution < 1.29 is 9.59 Å². The van der Waals surface area contributed by atoms with Crippen LogP contribution in [0.5, 0.6) is 0 Å². The van der Waals surface area contributed by atoms with Gasteiger partial charge in [0, 0.05) is 26.7 Å². The molecule has 2 aliphatic rings. The van der Waals surface area contributed by atoms with Crippen molar-refractivity contribution in [2.75, 3.05) is 26.7 Å². The zero-order valence-corrected chi connectivity index (χ0v) is 9.74. The number of amides is 3. The molecule has 0 radical (unpaired) electrons. The minimum atomic E-state index is -0.252. The molecule has 0 bridgehead atoms. The molecule has 1 unspecified atom stereocenters. The predicted molar refractivity (Wildman–Crippen MR) is 60.0 cm³/mol. The van der Waals surface area contributed by atoms with Crippen LogP contribution in [0.2, 0.25) is 0 Å². The van der Waals surface area contributed by atoms with Gasteiger partial charge in [-0.3, -0.25) is 4.79 Å². The average Bonchev–Trinajstić information content (AvgIpc) is 2.97. The van der Waals surface area contributed by atoms with E-state index >= 15 is 0 Å². The Balaban J connectivity index is 2.01. The third-order valence-electron chi connectivity index (χ3n) is 3.42. The molecule has 16 heavy (non-hydrogen) atoms. The molecule has 2 rings (SSSR count). The fraction of sp³-hybridized carbons (Fsp3) is 0.818. The number of rotatable bonds is 1. The molecular weight excluding hydrogens is 206 g/mol. The number of urea groups is 1. The van der Waals surface area contributed by atoms with Crippen LogP contribution in [-0.2, 0) is 4.79 Å². The van der Waals surface area contributed by atoms with Crippen LogP contribution in [0.3, 0.4) is 0 Å². The molecule has 0 spiro atoms. The van der Waals surface area contributed by atoms with Gasteiger partial charge in [-0.05, 0) is 25.7 Å². The fourth-order valence-electron chi connectivity index (χ4n) is 2.52. The molecule has 2 aliphatic heterocycles. The van der Waals surface area contributed by atoms with E-state index in [0.717, 1.165) is 38.8 Å². The van der Waals surface area contributed by atoms with E-state index < -0.39 is 0 Å². The standard InChI is InChI=1S/C11H19N3O2/c1-12-10(15)9-5-4-8-14(9)11(16)13-6-2-3-7-13/h9H,2-8H2,1H3,(H,12,15). The van der Waals surface area contributed by atoms with Crippen LogP contribution in [0.4, 0.5) is 4.79 Å². The van der Waals surface area contributed by atoms with Crippen molar-refractivity contribution in [3.05, 3.63) is 0 Å². The molecule has 0 aromatic heterocycles. The van der Waals surface area contributed by atoms with Gasteiger partial charge in [-0.2, -0.15) is 0 Å². The van der Waals surface area contributed by atoms with Crippen molar-refractivity contribution in [3.8, 4) is 0 Å². The van der Waals surface area contributed by atoms with Crippen molar-refractivity contribution in [2.45, 2.75) is 31.7 Å². The SMILES string of the molecule is CNC(=O)C1CCCN1C(=O)N1CCCC1. The van der Waals surface area contributed by atoms with Crippen molar-refractivity contribution in [1.29, 1.82) is 0 Å². The summed E-state index contributed by atoms with van der Waals surface area (Å²) >= 11 is 0. The Kier molecular flexibility index (Phi) is 3.31. The van der Waals surface area contributed by atoms with Crippen molar-refractivity contribution in [1.82, 2.24) is 15.1 Å². The minimum absolute atomic E-state index is 0.0370. The highest BCUT2D eigenvalue weighted by atomic mass is 16.2. The van der Waals surface area contributed by atoms with E-state index in [2.05, 4.69) is 5.32 Å². The second-order valence-electron chi connectivity index (χ2n) is 4.44. The zero-order valence-electron chi connectivity index (χ0n) is 9.74. The zero-order chi connectivity index (χ0) is 11.5. The Morgan fingerprint density at radius 2 is 1.81 bits per heavy atom. The van der Waals surface area contributed by atoms with Gasteiger partial charge in [0.15, 0.2) is 0 Å². The normalized spacial score (nSPS) is 24.9. The van der Waals surface area contributed by atoms with Gasteiger partial charge in [0.05, 0.1) is 0 Å². The fourth-order valence-corrected chi connectivity index (χ4v) is 2.52. The Morgan fingerprint density at radius 3 is 2.44 bits per heavy atom. The Labute approximate surface area is 95.8 Å². The monoisotopic (exact) mass is 225 g/mol. The summed E-state index contributed by atoms with van der Waals surface area (Å²) in [4.78, 5) is 27.4. The third kappa shape index (κ3) is 1.99. The minimum Gasteiger partial charge on any atom is -0.357 e. The van der Waals surface area contributed by atoms with E-state index in [4.69, 9.17) is 0 Å². The topological polar surface area (TPSA) is 52.7 Å². The molecular formula is C11H19N3O2. The summed E-state index contributed by atoms with van der Waals surface area (Å²) in [6.07, 6.45) is 3.89. The van der Waals surface area contributed by atoms with Crippen LogP contribution in [0.25, 0.3) is 0 Å². The number of hydrogen-bond donors (Lipinski definition) is 1. The molecule has 5 heteroatoms. The van der Waals surface area contributed by atoms with Gasteiger partial charge >= 0.3 is 6.03 Å². The lowest BCUT2D eigenvalue weighted by atomic mass is 10.2. The summed E-state index contributed by atoms with van der Waals surface area (Å²) in [5.74, 6) is -0.0370. The molecule has 2 saturated heterocycles. The van der Waals surface area contributed by atoms with Gasteiger partial charge in [0.25, 0.3) is 0 Å². The van der Waals surface area contributed by atoms with Crippen LogP contribution < -0.4 is 5.32 Å². The van der Waals surface area contributed by atoms with E-state index in [-0.39, 0.29) is 18.0 Å². The van der Waals surface area contributed by atoms with Crippen molar-refractivity contribution >= 4 is 11.9 Å². The summed E-state index contributed by atoms with van der Waals surface area (Å²) in [5.41, 5.74) is 0. The van der Waals surface area contributed by atoms with Crippen molar-refractivity contribution in [2.24, 2.45) is 0 Å². The summed E-state index contributed by atoms with van der Waals surface area (Å²) < 4.78 is 0. The van der Waals surface area contributed by atoms with Crippen molar-refractivity contribution in [3.63, 3.8) is 0 Å². The van der Waals surface area contributed by atoms with E-state index in [1.807, 2.05) is 4.90 Å². The van der Waals surface area contributed by atoms with Crippen LogP contribution >= 0.6 is 0 Å². The first kappa shape index (κ1) is 11.2. The smallest absolute Gasteiger partial charge is 0.320 e. The molecule has 2 heterocycles. The highest BCUT2D eigenvalue weighted by Crippen LogP contribution is 2.21. The largest absolute Gasteiger partial charge is 0.357 e. The van der Waals surface area contributed by atoms with Gasteiger partial charge in [0.1, 0.15) is 6.04 Å². The molecule has 1 atom stereocenters. The highest BCUT2D eigenvalue weighted by molar-refractivity contribution is 5.87. The summed E-state index contributed by atoms with van der Waals surface area (Å²) in [5, 5.41) is 2.63. The first-order valence-corrected chi connectivity index (χ1v) is 6.01. The number of hydrogen-bond acceptors (Lipinski definition) is 2. The molecule has 0 aliphatic carbocycles. The number of likely N-dealkylation sites (tertiary alicyclic amines) is 2. The van der Waals surface area contributed by atoms with E-state index in [1.54, 1.807) is 11.9 Å². The molecule has 1 N–H and O–H groups in total. The molecule has 5 nitrogen and oxygen atoms in total. The number of likely N-dealkylation sites (N-methyl/N-ethyl adjacent to an activating group) is 1. The molecule has 90 valence electrons. The average molecular weight is 225 g/mol. The maximum atomic E-state index is 12.2. The quantitative estimate of drug-likeness (QED) is 0.703. The number of carbonyl (C=O) groups excluding carboxylic acids is 2. The molecule has 0 aromatic carbocycles. The van der Waals surface area contributed by atoms with E-state index in [0.29, 0.717) is 6.54 Å². The molecule has 2 fully saturated rings. The van der Waals surface area contributed by atoms with Crippen LogP contribution in [-0.4, -0.2) is 54.5 Å². The lowest BCUT2D eigenvalue weighted by Crippen LogP contribution is -2.49. The maximum absolute atomic E-state index is 12.2. The maximum Gasteiger partial charge on any atom is 0.320 e. The number of carbonyl (C=O) groups is 2. The van der Waals surface area contributed by atoms with Gasteiger partial charge in [-0.25, -0.2) is 4.79 Å². The second-order valence-corrected chi connectivity index (χ2v) is 4.44. The Bertz CT molecular complexity index is 287. The Morgan fingerprint density at radius 1 is 1.12 bits per heavy atom. The molecule has 3 amide bonds. The molecule has 0 aromatic rings. The molecule has 0 saturated carbocycles. The number of nitrogens with one attached hydrogen (secondary N) is 1. The predicted octanol–water partition coefficient (Wildman–Crippen LogP) is 0.413. The summed E-state index contributed by atoms with van der Waals surface area (Å²) in [6, 6.07) is -0.207. The van der Waals surface area contributed by atoms with Gasteiger partial charge < -0.3 is 15.1 Å². The van der Waals surface area contributed by atoms with Gasteiger partial charge in [-0.1, -0.05) is 0 Å². The first-order valence-electron chi connectivity index (χ1n) is 6.01. The van der Waals surface area contributed by atoms with Crippen LogP contribution in [0.1, 0.15) is 25.7 Å². The summed E-state index contributed by atoms with van der Waals surface area (Å²) in [7, 11) is 1.62. The van der Waals surface area contributed by atoms with Crippen LogP contribution in [0.15, 0.2) is 0 Å².